The maximum absolute atomic E-state index is 13.0. The second-order valence-electron chi connectivity index (χ2n) is 6.93. The fraction of sp³-hybridized carbons (Fsp3) is 0.0909. The number of hydrogen-bond acceptors (Lipinski definition) is 6. The lowest BCUT2D eigenvalue weighted by molar-refractivity contribution is -0.384. The van der Waals surface area contributed by atoms with Crippen molar-refractivity contribution in [3.63, 3.8) is 0 Å². The quantitative estimate of drug-likeness (QED) is 0.191. The summed E-state index contributed by atoms with van der Waals surface area (Å²) in [5.41, 5.74) is 0.928. The maximum Gasteiger partial charge on any atom is 0.300 e. The standard InChI is InChI=1S/C22H15ClN2O5S/c1-12-7-8-14(11-16(12)23)24-19(17-6-3-9-31-17)18(21(27)22(24)28)20(26)13-4-2-5-15(10-13)25(29)30/h2-11,19,26H,1H3/b20-18-. The van der Waals surface area contributed by atoms with E-state index >= 15 is 0 Å². The lowest BCUT2D eigenvalue weighted by atomic mass is 9.99. The smallest absolute Gasteiger partial charge is 0.300 e. The first-order valence-corrected chi connectivity index (χ1v) is 10.4. The highest BCUT2D eigenvalue weighted by Crippen LogP contribution is 2.44. The van der Waals surface area contributed by atoms with Crippen LogP contribution in [0, 0.1) is 17.0 Å². The van der Waals surface area contributed by atoms with E-state index in [1.54, 1.807) is 35.7 Å². The summed E-state index contributed by atoms with van der Waals surface area (Å²) in [5.74, 6) is -2.16. The second kappa shape index (κ2) is 7.98. The van der Waals surface area contributed by atoms with Crippen LogP contribution in [0.4, 0.5) is 11.4 Å². The zero-order valence-corrected chi connectivity index (χ0v) is 17.7. The van der Waals surface area contributed by atoms with Crippen molar-refractivity contribution >= 4 is 51.8 Å². The Hall–Kier alpha value is -3.49. The van der Waals surface area contributed by atoms with Crippen LogP contribution in [-0.2, 0) is 9.59 Å². The highest BCUT2D eigenvalue weighted by molar-refractivity contribution is 7.10. The van der Waals surface area contributed by atoms with Crippen LogP contribution >= 0.6 is 22.9 Å². The molecule has 2 aromatic carbocycles. The number of benzene rings is 2. The molecule has 0 spiro atoms. The van der Waals surface area contributed by atoms with Gasteiger partial charge >= 0.3 is 0 Å². The van der Waals surface area contributed by atoms with E-state index in [0.717, 1.165) is 11.6 Å². The molecule has 1 unspecified atom stereocenters. The summed E-state index contributed by atoms with van der Waals surface area (Å²) in [5, 5.41) is 24.3. The fourth-order valence-electron chi connectivity index (χ4n) is 3.47. The summed E-state index contributed by atoms with van der Waals surface area (Å²) < 4.78 is 0. The number of thiophene rings is 1. The van der Waals surface area contributed by atoms with Crippen LogP contribution in [0.15, 0.2) is 65.6 Å². The van der Waals surface area contributed by atoms with Gasteiger partial charge in [-0.3, -0.25) is 24.6 Å². The van der Waals surface area contributed by atoms with Crippen LogP contribution in [0.1, 0.15) is 22.0 Å². The minimum atomic E-state index is -0.891. The summed E-state index contributed by atoms with van der Waals surface area (Å²) in [7, 11) is 0. The van der Waals surface area contributed by atoms with E-state index in [-0.39, 0.29) is 16.8 Å². The topological polar surface area (TPSA) is 101 Å². The largest absolute Gasteiger partial charge is 0.507 e. The third-order valence-corrected chi connectivity index (χ3v) is 6.35. The van der Waals surface area contributed by atoms with E-state index in [4.69, 9.17) is 11.6 Å². The van der Waals surface area contributed by atoms with Gasteiger partial charge in [0.05, 0.1) is 10.5 Å². The van der Waals surface area contributed by atoms with Gasteiger partial charge in [-0.15, -0.1) is 11.3 Å². The number of aliphatic hydroxyl groups is 1. The first kappa shape index (κ1) is 20.8. The lowest BCUT2D eigenvalue weighted by Gasteiger charge is -2.24. The molecule has 0 aliphatic carbocycles. The molecule has 1 saturated heterocycles. The van der Waals surface area contributed by atoms with Gasteiger partial charge in [-0.05, 0) is 36.1 Å². The molecular formula is C22H15ClN2O5S. The number of aryl methyl sites for hydroxylation is 1. The molecule has 1 fully saturated rings. The van der Waals surface area contributed by atoms with Crippen molar-refractivity contribution in [1.29, 1.82) is 0 Å². The zero-order chi connectivity index (χ0) is 22.3. The molecule has 1 aliphatic rings. The summed E-state index contributed by atoms with van der Waals surface area (Å²) in [6.07, 6.45) is 0. The van der Waals surface area contributed by atoms with Crippen molar-refractivity contribution in [2.75, 3.05) is 4.90 Å². The first-order chi connectivity index (χ1) is 14.8. The number of nitro benzene ring substituents is 1. The zero-order valence-electron chi connectivity index (χ0n) is 16.1. The number of hydrogen-bond donors (Lipinski definition) is 1. The first-order valence-electron chi connectivity index (χ1n) is 9.15. The number of nitro groups is 1. The summed E-state index contributed by atoms with van der Waals surface area (Å²) in [4.78, 5) is 38.5. The maximum atomic E-state index is 13.0. The van der Waals surface area contributed by atoms with Gasteiger partial charge < -0.3 is 5.11 Å². The van der Waals surface area contributed by atoms with Crippen molar-refractivity contribution < 1.29 is 19.6 Å². The molecule has 2 heterocycles. The summed E-state index contributed by atoms with van der Waals surface area (Å²) >= 11 is 7.57. The Bertz CT molecular complexity index is 1250. The normalized spacial score (nSPS) is 17.9. The minimum Gasteiger partial charge on any atom is -0.507 e. The molecule has 1 amide bonds. The Labute approximate surface area is 186 Å². The van der Waals surface area contributed by atoms with Crippen LogP contribution < -0.4 is 4.90 Å². The molecule has 156 valence electrons. The van der Waals surface area contributed by atoms with Gasteiger partial charge in [0.25, 0.3) is 17.4 Å². The van der Waals surface area contributed by atoms with E-state index in [9.17, 15) is 24.8 Å². The van der Waals surface area contributed by atoms with Gasteiger partial charge in [0.15, 0.2) is 0 Å². The van der Waals surface area contributed by atoms with Gasteiger partial charge in [0.2, 0.25) is 0 Å². The Kier molecular flexibility index (Phi) is 5.34. The van der Waals surface area contributed by atoms with E-state index in [0.29, 0.717) is 15.6 Å². The molecule has 4 rings (SSSR count). The molecule has 9 heteroatoms. The van der Waals surface area contributed by atoms with Gasteiger partial charge in [0, 0.05) is 33.3 Å². The lowest BCUT2D eigenvalue weighted by Crippen LogP contribution is -2.29. The average molecular weight is 455 g/mol. The van der Waals surface area contributed by atoms with Gasteiger partial charge in [0.1, 0.15) is 11.8 Å². The molecule has 0 bridgehead atoms. The van der Waals surface area contributed by atoms with Crippen molar-refractivity contribution in [3.05, 3.63) is 96.7 Å². The minimum absolute atomic E-state index is 0.0793. The third-order valence-electron chi connectivity index (χ3n) is 5.02. The monoisotopic (exact) mass is 454 g/mol. The molecule has 1 aliphatic heterocycles. The number of halogens is 1. The van der Waals surface area contributed by atoms with E-state index < -0.39 is 28.4 Å². The number of nitrogens with zero attached hydrogens (tertiary/aromatic N) is 2. The number of anilines is 1. The van der Waals surface area contributed by atoms with Crippen LogP contribution in [0.2, 0.25) is 5.02 Å². The number of Topliss-reactive ketones (excluding diaryl/α,β-unsaturated/α-hetero) is 1. The number of ketones is 1. The van der Waals surface area contributed by atoms with E-state index in [1.807, 2.05) is 6.92 Å². The number of carbonyl (C=O) groups is 2. The molecule has 7 nitrogen and oxygen atoms in total. The molecule has 0 saturated carbocycles. The van der Waals surface area contributed by atoms with Crippen LogP contribution in [0.25, 0.3) is 5.76 Å². The Morgan fingerprint density at radius 2 is 1.94 bits per heavy atom. The van der Waals surface area contributed by atoms with Crippen molar-refractivity contribution in [1.82, 2.24) is 0 Å². The van der Waals surface area contributed by atoms with Gasteiger partial charge in [-0.2, -0.15) is 0 Å². The number of amides is 1. The third kappa shape index (κ3) is 3.60. The van der Waals surface area contributed by atoms with Gasteiger partial charge in [-0.25, -0.2) is 0 Å². The molecular weight excluding hydrogens is 440 g/mol. The van der Waals surface area contributed by atoms with E-state index in [1.165, 1.54) is 34.4 Å². The molecule has 1 N–H and O–H groups in total. The highest BCUT2D eigenvalue weighted by atomic mass is 35.5. The number of non-ortho nitro benzene ring substituents is 1. The molecule has 31 heavy (non-hydrogen) atoms. The SMILES string of the molecule is Cc1ccc(N2C(=O)C(=O)/C(=C(\O)c3cccc([N+](=O)[O-])c3)C2c2cccs2)cc1Cl. The second-order valence-corrected chi connectivity index (χ2v) is 8.31. The number of aliphatic hydroxyl groups excluding tert-OH is 1. The molecule has 0 radical (unpaired) electrons. The van der Waals surface area contributed by atoms with Crippen molar-refractivity contribution in [2.24, 2.45) is 0 Å². The van der Waals surface area contributed by atoms with Crippen LogP contribution in [0.5, 0.6) is 0 Å². The molecule has 3 aromatic rings. The average Bonchev–Trinajstić information content (AvgIpc) is 3.37. The van der Waals surface area contributed by atoms with Crippen LogP contribution in [0.3, 0.4) is 0 Å². The van der Waals surface area contributed by atoms with Crippen molar-refractivity contribution in [2.45, 2.75) is 13.0 Å². The van der Waals surface area contributed by atoms with E-state index in [2.05, 4.69) is 0 Å². The number of rotatable bonds is 4. The van der Waals surface area contributed by atoms with Crippen molar-refractivity contribution in [3.8, 4) is 0 Å². The molecule has 1 aromatic heterocycles. The predicted molar refractivity (Wildman–Crippen MR) is 118 cm³/mol. The summed E-state index contributed by atoms with van der Waals surface area (Å²) in [6, 6.07) is 12.9. The van der Waals surface area contributed by atoms with Gasteiger partial charge in [-0.1, -0.05) is 35.9 Å². The predicted octanol–water partition coefficient (Wildman–Crippen LogP) is 5.24. The Morgan fingerprint density at radius 3 is 2.58 bits per heavy atom. The summed E-state index contributed by atoms with van der Waals surface area (Å²) in [6.45, 7) is 1.82. The fourth-order valence-corrected chi connectivity index (χ4v) is 4.47. The Balaban J connectivity index is 1.93. The number of carbonyl (C=O) groups excluding carboxylic acids is 2. The Morgan fingerprint density at radius 1 is 1.16 bits per heavy atom. The van der Waals surface area contributed by atoms with Crippen LogP contribution in [-0.4, -0.2) is 21.7 Å². The highest BCUT2D eigenvalue weighted by Gasteiger charge is 2.47. The molecule has 1 atom stereocenters.